The van der Waals surface area contributed by atoms with E-state index in [1.165, 1.54) is 17.8 Å². The Kier molecular flexibility index (Phi) is 5.26. The number of allylic oxidation sites excluding steroid dienone is 1. The van der Waals surface area contributed by atoms with E-state index in [2.05, 4.69) is 23.1 Å². The number of aliphatic carboxylic acids is 1. The number of carbonyl (C=O) groups is 2. The molecule has 5 aliphatic rings. The zero-order valence-electron chi connectivity index (χ0n) is 22.3. The molecule has 4 saturated carbocycles. The van der Waals surface area contributed by atoms with Crippen LogP contribution in [-0.4, -0.2) is 48.6 Å². The largest absolute Gasteiger partial charge is 0.478 e. The van der Waals surface area contributed by atoms with Crippen LogP contribution in [0.15, 0.2) is 30.1 Å². The number of halogens is 1. The molecular weight excluding hydrogens is 501 g/mol. The number of rotatable bonds is 4. The highest BCUT2D eigenvalue weighted by atomic mass is 19.1. The summed E-state index contributed by atoms with van der Waals surface area (Å²) < 4.78 is 21.1. The van der Waals surface area contributed by atoms with Crippen LogP contribution in [0.25, 0.3) is 11.8 Å². The van der Waals surface area contributed by atoms with E-state index in [9.17, 15) is 24.2 Å². The Balaban J connectivity index is 1.23. The van der Waals surface area contributed by atoms with Crippen molar-refractivity contribution < 1.29 is 28.9 Å². The zero-order valence-corrected chi connectivity index (χ0v) is 22.3. The molecule has 0 radical (unpaired) electrons. The molecule has 2 N–H and O–H groups in total. The summed E-state index contributed by atoms with van der Waals surface area (Å²) in [6.07, 6.45) is 9.94. The summed E-state index contributed by atoms with van der Waals surface area (Å²) in [7, 11) is 0. The third-order valence-electron chi connectivity index (χ3n) is 11.0. The lowest BCUT2D eigenvalue weighted by Crippen LogP contribution is -2.63. The highest BCUT2D eigenvalue weighted by Crippen LogP contribution is 2.68. The maximum atomic E-state index is 13.4. The van der Waals surface area contributed by atoms with Gasteiger partial charge in [-0.2, -0.15) is 9.49 Å². The van der Waals surface area contributed by atoms with Gasteiger partial charge in [-0.25, -0.2) is 14.5 Å². The summed E-state index contributed by atoms with van der Waals surface area (Å²) in [6, 6.07) is 2.99. The lowest BCUT2D eigenvalue weighted by molar-refractivity contribution is -0.211. The number of pyridine rings is 1. The van der Waals surface area contributed by atoms with Gasteiger partial charge in [0, 0.05) is 5.41 Å². The van der Waals surface area contributed by atoms with Gasteiger partial charge in [0.25, 0.3) is 0 Å². The second-order valence-corrected chi connectivity index (χ2v) is 13.0. The van der Waals surface area contributed by atoms with Crippen LogP contribution in [0.5, 0.6) is 0 Å². The minimum absolute atomic E-state index is 0.0386. The number of aliphatic hydroxyl groups excluding tert-OH is 1. The molecule has 2 unspecified atom stereocenters. The first-order valence-electron chi connectivity index (χ1n) is 14.1. The Morgan fingerprint density at radius 2 is 1.95 bits per heavy atom. The minimum atomic E-state index is -1.59. The summed E-state index contributed by atoms with van der Waals surface area (Å²) >= 11 is 0. The lowest BCUT2D eigenvalue weighted by atomic mass is 9.45. The van der Waals surface area contributed by atoms with Gasteiger partial charge in [-0.05, 0) is 98.3 Å². The molecule has 2 aromatic heterocycles. The molecule has 0 bridgehead atoms. The maximum Gasteiger partial charge on any atom is 0.348 e. The second kappa shape index (κ2) is 8.22. The Morgan fingerprint density at radius 1 is 1.15 bits per heavy atom. The van der Waals surface area contributed by atoms with Crippen molar-refractivity contribution >= 4 is 18.0 Å². The number of hydrogen-bond donors (Lipinski definition) is 2. The molecule has 2 aromatic rings. The highest BCUT2D eigenvalue weighted by Gasteiger charge is 2.71. The van der Waals surface area contributed by atoms with Gasteiger partial charge in [-0.15, -0.1) is 0 Å². The van der Waals surface area contributed by atoms with Crippen LogP contribution in [0.2, 0.25) is 0 Å². The fourth-order valence-electron chi connectivity index (χ4n) is 9.01. The molecule has 206 valence electrons. The van der Waals surface area contributed by atoms with Crippen molar-refractivity contribution in [1.29, 1.82) is 0 Å². The number of carboxylic acids is 1. The van der Waals surface area contributed by atoms with E-state index in [0.29, 0.717) is 31.4 Å². The van der Waals surface area contributed by atoms with Crippen LogP contribution in [0.3, 0.4) is 0 Å². The van der Waals surface area contributed by atoms with Gasteiger partial charge in [-0.1, -0.05) is 19.4 Å². The van der Waals surface area contributed by atoms with Gasteiger partial charge in [-0.3, -0.25) is 4.79 Å². The standard InChI is InChI=1S/C30H34FN3O5/c1-28-12-17-14-33-34(19-6-8-24(31)32-15-19)22(17)11-18(28)5-7-20-21-9-10-30(27(37)38,39-26(36)16-3-4-16)29(21,2)13-23(35)25(20)28/h6,8,11,14-16,20-21,23,25,35H,3-5,7,9-10,12-13H2,1-2H3,(H,37,38)/t20-,21?,23-,25?,28-,29-,30-/m0/s1. The maximum absolute atomic E-state index is 13.4. The number of fused-ring (bicyclic) bond motifs is 6. The SMILES string of the molecule is C[C@]12Cc3cnn(-c4ccc(F)nc4)c3C=C1CC[C@@H]1C2[C@@H](O)C[C@@]2(C)C1CC[C@]2(OC(=O)C1CC1)C(=O)O. The highest BCUT2D eigenvalue weighted by molar-refractivity contribution is 5.85. The fraction of sp³-hybridized carbons (Fsp3) is 0.600. The van der Waals surface area contributed by atoms with Gasteiger partial charge in [0.05, 0.1) is 35.8 Å². The predicted molar refractivity (Wildman–Crippen MR) is 138 cm³/mol. The Morgan fingerprint density at radius 3 is 2.64 bits per heavy atom. The quantitative estimate of drug-likeness (QED) is 0.442. The predicted octanol–water partition coefficient (Wildman–Crippen LogP) is 4.34. The lowest BCUT2D eigenvalue weighted by Gasteiger charge is -2.60. The van der Waals surface area contributed by atoms with E-state index < -0.39 is 35.0 Å². The molecule has 9 heteroatoms. The Bertz CT molecular complexity index is 1400. The summed E-state index contributed by atoms with van der Waals surface area (Å²) in [4.78, 5) is 29.3. The molecule has 2 heterocycles. The summed E-state index contributed by atoms with van der Waals surface area (Å²) in [6.45, 7) is 4.17. The molecule has 7 atom stereocenters. The molecule has 0 amide bonds. The van der Waals surface area contributed by atoms with E-state index in [1.807, 2.05) is 13.1 Å². The fourth-order valence-corrected chi connectivity index (χ4v) is 9.01. The molecule has 5 aliphatic carbocycles. The molecule has 7 rings (SSSR count). The van der Waals surface area contributed by atoms with Crippen molar-refractivity contribution in [1.82, 2.24) is 14.8 Å². The average Bonchev–Trinajstić information content (AvgIpc) is 3.60. The van der Waals surface area contributed by atoms with Crippen LogP contribution in [0, 0.1) is 40.4 Å². The molecule has 0 saturated heterocycles. The van der Waals surface area contributed by atoms with E-state index >= 15 is 0 Å². The van der Waals surface area contributed by atoms with Gasteiger partial charge >= 0.3 is 11.9 Å². The number of aromatic nitrogens is 3. The van der Waals surface area contributed by atoms with E-state index in [1.54, 1.807) is 10.7 Å². The summed E-state index contributed by atoms with van der Waals surface area (Å²) in [5, 5.41) is 26.9. The molecule has 0 aromatic carbocycles. The number of ether oxygens (including phenoxy) is 1. The van der Waals surface area contributed by atoms with Gasteiger partial charge < -0.3 is 14.9 Å². The summed E-state index contributed by atoms with van der Waals surface area (Å²) in [5.41, 5.74) is 1.26. The van der Waals surface area contributed by atoms with Crippen LogP contribution >= 0.6 is 0 Å². The average molecular weight is 536 g/mol. The number of hydrogen-bond acceptors (Lipinski definition) is 6. The molecular formula is C30H34FN3O5. The van der Waals surface area contributed by atoms with Gasteiger partial charge in [0.2, 0.25) is 11.5 Å². The topological polar surface area (TPSA) is 115 Å². The number of carbonyl (C=O) groups excluding carboxylic acids is 1. The monoisotopic (exact) mass is 535 g/mol. The first kappa shape index (κ1) is 24.9. The van der Waals surface area contributed by atoms with E-state index in [0.717, 1.165) is 36.9 Å². The Labute approximate surface area is 226 Å². The normalized spacial score (nSPS) is 38.6. The molecule has 4 fully saturated rings. The molecule has 0 aliphatic heterocycles. The van der Waals surface area contributed by atoms with Crippen LogP contribution < -0.4 is 0 Å². The first-order chi connectivity index (χ1) is 18.6. The van der Waals surface area contributed by atoms with Gasteiger partial charge in [0.15, 0.2) is 0 Å². The second-order valence-electron chi connectivity index (χ2n) is 13.0. The zero-order chi connectivity index (χ0) is 27.3. The third kappa shape index (κ3) is 3.38. The van der Waals surface area contributed by atoms with Gasteiger partial charge in [0.1, 0.15) is 0 Å². The van der Waals surface area contributed by atoms with Crippen molar-refractivity contribution in [2.45, 2.75) is 76.9 Å². The summed E-state index contributed by atoms with van der Waals surface area (Å²) in [5.74, 6) is -2.08. The minimum Gasteiger partial charge on any atom is -0.478 e. The molecule has 0 spiro atoms. The third-order valence-corrected chi connectivity index (χ3v) is 11.0. The Hall–Kier alpha value is -3.07. The van der Waals surface area contributed by atoms with Crippen LogP contribution in [0.1, 0.15) is 70.1 Å². The van der Waals surface area contributed by atoms with Crippen molar-refractivity contribution in [2.24, 2.45) is 34.5 Å². The number of esters is 1. The van der Waals surface area contributed by atoms with Crippen molar-refractivity contribution in [3.05, 3.63) is 47.3 Å². The number of carboxylic acid groups (broad SMARTS) is 1. The number of aliphatic hydroxyl groups is 1. The van der Waals surface area contributed by atoms with Crippen LogP contribution in [0.4, 0.5) is 4.39 Å². The number of nitrogens with zero attached hydrogens (tertiary/aromatic N) is 3. The first-order valence-corrected chi connectivity index (χ1v) is 14.1. The van der Waals surface area contributed by atoms with E-state index in [-0.39, 0.29) is 29.1 Å². The molecule has 8 nitrogen and oxygen atoms in total. The van der Waals surface area contributed by atoms with E-state index in [4.69, 9.17) is 4.74 Å². The molecule has 39 heavy (non-hydrogen) atoms. The van der Waals surface area contributed by atoms with Crippen molar-refractivity contribution in [2.75, 3.05) is 0 Å². The smallest absolute Gasteiger partial charge is 0.348 e. The van der Waals surface area contributed by atoms with Crippen molar-refractivity contribution in [3.63, 3.8) is 0 Å². The van der Waals surface area contributed by atoms with Crippen molar-refractivity contribution in [3.8, 4) is 5.69 Å². The van der Waals surface area contributed by atoms with Crippen LogP contribution in [-0.2, 0) is 20.7 Å².